The van der Waals surface area contributed by atoms with Gasteiger partial charge in [0.2, 0.25) is 0 Å². The molecular formula is C23H27N3O3. The minimum Gasteiger partial charge on any atom is -0.496 e. The van der Waals surface area contributed by atoms with E-state index in [1.165, 1.54) is 0 Å². The molecule has 4 rings (SSSR count). The van der Waals surface area contributed by atoms with Crippen LogP contribution < -0.4 is 4.74 Å². The molecule has 1 saturated heterocycles. The lowest BCUT2D eigenvalue weighted by atomic mass is 9.82. The van der Waals surface area contributed by atoms with Crippen LogP contribution in [0.5, 0.6) is 5.75 Å². The maximum Gasteiger partial charge on any atom is 0.123 e. The second-order valence-electron chi connectivity index (χ2n) is 7.64. The van der Waals surface area contributed by atoms with Gasteiger partial charge in [0.25, 0.3) is 0 Å². The molecule has 1 aliphatic rings. The molecule has 2 heterocycles. The molecule has 1 aromatic heterocycles. The summed E-state index contributed by atoms with van der Waals surface area (Å²) in [4.78, 5) is 2.18. The normalized spacial score (nSPS) is 22.5. The van der Waals surface area contributed by atoms with Crippen molar-refractivity contribution in [3.63, 3.8) is 0 Å². The van der Waals surface area contributed by atoms with Crippen molar-refractivity contribution in [3.05, 3.63) is 83.7 Å². The maximum absolute atomic E-state index is 11.0. The largest absolute Gasteiger partial charge is 0.496 e. The number of piperidine rings is 1. The van der Waals surface area contributed by atoms with Gasteiger partial charge in [-0.05, 0) is 35.7 Å². The number of aliphatic hydroxyl groups excluding tert-OH is 1. The quantitative estimate of drug-likeness (QED) is 0.673. The molecule has 0 amide bonds. The van der Waals surface area contributed by atoms with Gasteiger partial charge in [-0.25, -0.2) is 0 Å². The summed E-state index contributed by atoms with van der Waals surface area (Å²) in [6.45, 7) is 2.48. The smallest absolute Gasteiger partial charge is 0.123 e. The SMILES string of the molecule is COc1ccc(CN2CC[C@](O)(c3ccccc3)[C@@H](O)C2)cc1Cn1cccn1. The third-order valence-corrected chi connectivity index (χ3v) is 5.71. The molecule has 0 bridgehead atoms. The number of aliphatic hydroxyl groups is 2. The fourth-order valence-electron chi connectivity index (χ4n) is 4.07. The molecule has 0 spiro atoms. The van der Waals surface area contributed by atoms with Crippen LogP contribution >= 0.6 is 0 Å². The lowest BCUT2D eigenvalue weighted by Gasteiger charge is -2.42. The highest BCUT2D eigenvalue weighted by atomic mass is 16.5. The van der Waals surface area contributed by atoms with Crippen molar-refractivity contribution in [2.24, 2.45) is 0 Å². The van der Waals surface area contributed by atoms with Crippen molar-refractivity contribution in [1.29, 1.82) is 0 Å². The van der Waals surface area contributed by atoms with Crippen molar-refractivity contribution in [2.45, 2.75) is 31.2 Å². The minimum absolute atomic E-state index is 0.423. The molecule has 3 aromatic rings. The van der Waals surface area contributed by atoms with Crippen molar-refractivity contribution < 1.29 is 14.9 Å². The summed E-state index contributed by atoms with van der Waals surface area (Å²) < 4.78 is 7.37. The Kier molecular flexibility index (Phi) is 5.67. The molecule has 1 fully saturated rings. The summed E-state index contributed by atoms with van der Waals surface area (Å²) in [7, 11) is 1.67. The zero-order valence-electron chi connectivity index (χ0n) is 16.6. The van der Waals surface area contributed by atoms with Crippen LogP contribution in [-0.2, 0) is 18.7 Å². The lowest BCUT2D eigenvalue weighted by Crippen LogP contribution is -2.53. The number of ether oxygens (including phenoxy) is 1. The van der Waals surface area contributed by atoms with E-state index < -0.39 is 11.7 Å². The van der Waals surface area contributed by atoms with Gasteiger partial charge in [-0.3, -0.25) is 9.58 Å². The number of hydrogen-bond donors (Lipinski definition) is 2. The van der Waals surface area contributed by atoms with Crippen LogP contribution in [0.25, 0.3) is 0 Å². The van der Waals surface area contributed by atoms with E-state index >= 15 is 0 Å². The third-order valence-electron chi connectivity index (χ3n) is 5.71. The first-order valence-electron chi connectivity index (χ1n) is 9.90. The van der Waals surface area contributed by atoms with Crippen LogP contribution in [0, 0.1) is 0 Å². The molecule has 0 saturated carbocycles. The third kappa shape index (κ3) is 4.19. The highest BCUT2D eigenvalue weighted by Crippen LogP contribution is 2.33. The number of rotatable bonds is 6. The summed E-state index contributed by atoms with van der Waals surface area (Å²) in [5, 5.41) is 26.0. The fraction of sp³-hybridized carbons (Fsp3) is 0.348. The molecule has 6 nitrogen and oxygen atoms in total. The average Bonchev–Trinajstić information content (AvgIpc) is 3.25. The van der Waals surface area contributed by atoms with E-state index in [1.54, 1.807) is 13.3 Å². The number of nitrogens with zero attached hydrogens (tertiary/aromatic N) is 3. The van der Waals surface area contributed by atoms with Crippen LogP contribution in [0.2, 0.25) is 0 Å². The second-order valence-corrected chi connectivity index (χ2v) is 7.64. The van der Waals surface area contributed by atoms with Gasteiger partial charge in [0.15, 0.2) is 0 Å². The van der Waals surface area contributed by atoms with Crippen molar-refractivity contribution >= 4 is 0 Å². The zero-order valence-corrected chi connectivity index (χ0v) is 16.6. The van der Waals surface area contributed by atoms with Crippen molar-refractivity contribution in [2.75, 3.05) is 20.2 Å². The molecule has 2 aromatic carbocycles. The molecule has 0 unspecified atom stereocenters. The number of methoxy groups -OCH3 is 1. The van der Waals surface area contributed by atoms with Crippen LogP contribution in [0.15, 0.2) is 67.0 Å². The molecule has 29 heavy (non-hydrogen) atoms. The Bertz CT molecular complexity index is 930. The highest BCUT2D eigenvalue weighted by molar-refractivity contribution is 5.37. The molecular weight excluding hydrogens is 366 g/mol. The minimum atomic E-state index is -1.19. The van der Waals surface area contributed by atoms with Crippen LogP contribution in [0.3, 0.4) is 0 Å². The Morgan fingerprint density at radius 2 is 1.97 bits per heavy atom. The first kappa shape index (κ1) is 19.6. The standard InChI is InChI=1S/C23H27N3O3/c1-29-21-9-8-18(14-19(21)16-26-12-5-11-24-26)15-25-13-10-23(28,22(27)17-25)20-6-3-2-4-7-20/h2-9,11-12,14,22,27-28H,10,13,15-17H2,1H3/t22-,23-/m0/s1. The summed E-state index contributed by atoms with van der Waals surface area (Å²) in [5.74, 6) is 0.835. The topological polar surface area (TPSA) is 70.8 Å². The summed E-state index contributed by atoms with van der Waals surface area (Å²) in [5.41, 5.74) is 1.79. The Labute approximate surface area is 171 Å². The van der Waals surface area contributed by atoms with Gasteiger partial charge in [0.05, 0.1) is 19.8 Å². The highest BCUT2D eigenvalue weighted by Gasteiger charge is 2.41. The first-order chi connectivity index (χ1) is 14.1. The van der Waals surface area contributed by atoms with E-state index in [1.807, 2.05) is 53.3 Å². The maximum atomic E-state index is 11.0. The van der Waals surface area contributed by atoms with Gasteiger partial charge >= 0.3 is 0 Å². The molecule has 0 aliphatic carbocycles. The molecule has 1 aliphatic heterocycles. The number of hydrogen-bond acceptors (Lipinski definition) is 5. The number of β-amino-alcohol motifs (C(OH)–C–C–N with tert-alkyl or cyclic N) is 1. The van der Waals surface area contributed by atoms with Crippen molar-refractivity contribution in [1.82, 2.24) is 14.7 Å². The average molecular weight is 393 g/mol. The van der Waals surface area contributed by atoms with Gasteiger partial charge in [-0.2, -0.15) is 5.10 Å². The first-order valence-corrected chi connectivity index (χ1v) is 9.90. The molecule has 0 radical (unpaired) electrons. The van der Waals surface area contributed by atoms with E-state index in [0.29, 0.717) is 32.6 Å². The molecule has 6 heteroatoms. The van der Waals surface area contributed by atoms with E-state index in [4.69, 9.17) is 4.74 Å². The van der Waals surface area contributed by atoms with E-state index in [-0.39, 0.29) is 0 Å². The van der Waals surface area contributed by atoms with Gasteiger partial charge in [-0.1, -0.05) is 36.4 Å². The Hall–Kier alpha value is -2.67. The summed E-state index contributed by atoms with van der Waals surface area (Å²) >= 11 is 0. The lowest BCUT2D eigenvalue weighted by molar-refractivity contribution is -0.126. The van der Waals surface area contributed by atoms with Gasteiger partial charge in [0, 0.05) is 37.6 Å². The Morgan fingerprint density at radius 1 is 1.14 bits per heavy atom. The second kappa shape index (κ2) is 8.37. The number of aromatic nitrogens is 2. The van der Waals surface area contributed by atoms with E-state index in [9.17, 15) is 10.2 Å². The monoisotopic (exact) mass is 393 g/mol. The molecule has 2 atom stereocenters. The number of benzene rings is 2. The molecule has 2 N–H and O–H groups in total. The fourth-order valence-corrected chi connectivity index (χ4v) is 4.07. The van der Waals surface area contributed by atoms with Crippen molar-refractivity contribution in [3.8, 4) is 5.75 Å². The summed E-state index contributed by atoms with van der Waals surface area (Å²) in [6, 6.07) is 17.5. The van der Waals surface area contributed by atoms with E-state index in [0.717, 1.165) is 22.4 Å². The predicted octanol–water partition coefficient (Wildman–Crippen LogP) is 2.39. The van der Waals surface area contributed by atoms with E-state index in [2.05, 4.69) is 22.1 Å². The van der Waals surface area contributed by atoms with Gasteiger partial charge < -0.3 is 14.9 Å². The Balaban J connectivity index is 1.46. The Morgan fingerprint density at radius 3 is 2.66 bits per heavy atom. The van der Waals surface area contributed by atoms with Crippen LogP contribution in [-0.4, -0.2) is 51.2 Å². The summed E-state index contributed by atoms with van der Waals surface area (Å²) in [6.07, 6.45) is 3.35. The zero-order chi connectivity index (χ0) is 20.3. The number of likely N-dealkylation sites (tertiary alicyclic amines) is 1. The van der Waals surface area contributed by atoms with Crippen LogP contribution in [0.4, 0.5) is 0 Å². The van der Waals surface area contributed by atoms with Crippen LogP contribution in [0.1, 0.15) is 23.1 Å². The van der Waals surface area contributed by atoms with Gasteiger partial charge in [0.1, 0.15) is 11.4 Å². The van der Waals surface area contributed by atoms with Gasteiger partial charge in [-0.15, -0.1) is 0 Å². The molecule has 152 valence electrons. The predicted molar refractivity (Wildman–Crippen MR) is 111 cm³/mol.